The van der Waals surface area contributed by atoms with Crippen molar-refractivity contribution in [1.29, 1.82) is 5.26 Å². The van der Waals surface area contributed by atoms with Crippen LogP contribution in [0.15, 0.2) is 24.5 Å². The molecule has 4 nitrogen and oxygen atoms in total. The van der Waals surface area contributed by atoms with E-state index in [1.165, 1.54) is 0 Å². The Bertz CT molecular complexity index is 356. The number of rotatable bonds is 4. The maximum atomic E-state index is 11.3. The highest BCUT2D eigenvalue weighted by molar-refractivity contribution is 5.76. The van der Waals surface area contributed by atoms with Gasteiger partial charge in [0.25, 0.3) is 0 Å². The third-order valence-electron chi connectivity index (χ3n) is 1.95. The van der Waals surface area contributed by atoms with Crippen molar-refractivity contribution in [2.75, 3.05) is 0 Å². The molecule has 1 amide bonds. The van der Waals surface area contributed by atoms with Crippen LogP contribution in [0.4, 0.5) is 0 Å². The number of hydrogen-bond acceptors (Lipinski definition) is 3. The van der Waals surface area contributed by atoms with E-state index in [1.54, 1.807) is 24.5 Å². The summed E-state index contributed by atoms with van der Waals surface area (Å²) in [5, 5.41) is 11.6. The molecule has 0 saturated carbocycles. The minimum Gasteiger partial charge on any atom is -0.337 e. The van der Waals surface area contributed by atoms with E-state index in [0.29, 0.717) is 6.42 Å². The lowest BCUT2D eigenvalue weighted by Gasteiger charge is -2.10. The van der Waals surface area contributed by atoms with Crippen LogP contribution in [0.5, 0.6) is 0 Å². The Labute approximate surface area is 88.9 Å². The van der Waals surface area contributed by atoms with Crippen molar-refractivity contribution in [3.8, 4) is 6.07 Å². The standard InChI is InChI=1S/C11H13N3O/c1-2-3-11(15)14-10(8-12)9-4-6-13-7-5-9/h4-7,10H,2-3H2,1H3,(H,14,15). The fourth-order valence-electron chi connectivity index (χ4n) is 1.21. The second-order valence-corrected chi connectivity index (χ2v) is 3.16. The summed E-state index contributed by atoms with van der Waals surface area (Å²) in [5.41, 5.74) is 0.761. The average Bonchev–Trinajstić information content (AvgIpc) is 2.27. The molecule has 0 spiro atoms. The van der Waals surface area contributed by atoms with E-state index < -0.39 is 6.04 Å². The van der Waals surface area contributed by atoms with Crippen LogP contribution in [0.2, 0.25) is 0 Å². The number of amides is 1. The van der Waals surface area contributed by atoms with Gasteiger partial charge in [0.1, 0.15) is 6.04 Å². The van der Waals surface area contributed by atoms with Crippen LogP contribution in [0.1, 0.15) is 31.4 Å². The SMILES string of the molecule is CCCC(=O)NC(C#N)c1ccncc1. The molecule has 78 valence electrons. The Balaban J connectivity index is 2.66. The van der Waals surface area contributed by atoms with Crippen molar-refractivity contribution < 1.29 is 4.79 Å². The van der Waals surface area contributed by atoms with E-state index >= 15 is 0 Å². The highest BCUT2D eigenvalue weighted by atomic mass is 16.1. The molecule has 1 heterocycles. The van der Waals surface area contributed by atoms with E-state index in [4.69, 9.17) is 5.26 Å². The Morgan fingerprint density at radius 1 is 1.60 bits per heavy atom. The van der Waals surface area contributed by atoms with Gasteiger partial charge in [-0.1, -0.05) is 6.92 Å². The molecule has 0 saturated heterocycles. The molecule has 0 bridgehead atoms. The molecule has 15 heavy (non-hydrogen) atoms. The van der Waals surface area contributed by atoms with Crippen molar-refractivity contribution in [1.82, 2.24) is 10.3 Å². The van der Waals surface area contributed by atoms with E-state index in [0.717, 1.165) is 12.0 Å². The highest BCUT2D eigenvalue weighted by Crippen LogP contribution is 2.10. The minimum absolute atomic E-state index is 0.0964. The van der Waals surface area contributed by atoms with Gasteiger partial charge in [0.15, 0.2) is 0 Å². The monoisotopic (exact) mass is 203 g/mol. The molecule has 1 aromatic heterocycles. The van der Waals surface area contributed by atoms with Crippen molar-refractivity contribution in [2.24, 2.45) is 0 Å². The van der Waals surface area contributed by atoms with Gasteiger partial charge in [0, 0.05) is 18.8 Å². The van der Waals surface area contributed by atoms with Crippen LogP contribution in [0, 0.1) is 11.3 Å². The van der Waals surface area contributed by atoms with Gasteiger partial charge in [-0.2, -0.15) is 5.26 Å². The van der Waals surface area contributed by atoms with Gasteiger partial charge in [0.2, 0.25) is 5.91 Å². The molecule has 0 aliphatic heterocycles. The zero-order chi connectivity index (χ0) is 11.1. The molecular weight excluding hydrogens is 190 g/mol. The Hall–Kier alpha value is -1.89. The lowest BCUT2D eigenvalue weighted by Crippen LogP contribution is -2.27. The Morgan fingerprint density at radius 3 is 2.80 bits per heavy atom. The first-order valence-electron chi connectivity index (χ1n) is 4.86. The highest BCUT2D eigenvalue weighted by Gasteiger charge is 2.12. The largest absolute Gasteiger partial charge is 0.337 e. The number of nitrogens with one attached hydrogen (secondary N) is 1. The van der Waals surface area contributed by atoms with Crippen LogP contribution in [0.25, 0.3) is 0 Å². The summed E-state index contributed by atoms with van der Waals surface area (Å²) >= 11 is 0. The molecule has 1 N–H and O–H groups in total. The second-order valence-electron chi connectivity index (χ2n) is 3.16. The second kappa shape index (κ2) is 5.76. The van der Waals surface area contributed by atoms with Gasteiger partial charge in [0.05, 0.1) is 6.07 Å². The normalized spacial score (nSPS) is 11.5. The lowest BCUT2D eigenvalue weighted by atomic mass is 10.1. The van der Waals surface area contributed by atoms with E-state index in [1.807, 2.05) is 13.0 Å². The molecule has 1 aromatic rings. The molecule has 1 unspecified atom stereocenters. The molecular formula is C11H13N3O. The molecule has 0 aromatic carbocycles. The smallest absolute Gasteiger partial charge is 0.221 e. The molecule has 1 atom stereocenters. The molecule has 4 heteroatoms. The fourth-order valence-corrected chi connectivity index (χ4v) is 1.21. The van der Waals surface area contributed by atoms with Crippen LogP contribution in [-0.4, -0.2) is 10.9 Å². The van der Waals surface area contributed by atoms with Gasteiger partial charge in [-0.3, -0.25) is 9.78 Å². The summed E-state index contributed by atoms with van der Waals surface area (Å²) in [6.07, 6.45) is 4.43. The minimum atomic E-state index is -0.577. The first-order valence-corrected chi connectivity index (χ1v) is 4.86. The predicted molar refractivity (Wildman–Crippen MR) is 55.6 cm³/mol. The summed E-state index contributed by atoms with van der Waals surface area (Å²) in [5.74, 6) is -0.0964. The summed E-state index contributed by atoms with van der Waals surface area (Å²) < 4.78 is 0. The topological polar surface area (TPSA) is 65.8 Å². The van der Waals surface area contributed by atoms with E-state index in [-0.39, 0.29) is 5.91 Å². The maximum Gasteiger partial charge on any atom is 0.221 e. The first kappa shape index (κ1) is 11.2. The zero-order valence-corrected chi connectivity index (χ0v) is 8.60. The van der Waals surface area contributed by atoms with Crippen molar-refractivity contribution in [3.63, 3.8) is 0 Å². The van der Waals surface area contributed by atoms with Crippen LogP contribution >= 0.6 is 0 Å². The summed E-state index contributed by atoms with van der Waals surface area (Å²) in [6, 6.07) is 4.92. The van der Waals surface area contributed by atoms with Gasteiger partial charge in [-0.15, -0.1) is 0 Å². The van der Waals surface area contributed by atoms with Gasteiger partial charge in [-0.25, -0.2) is 0 Å². The summed E-state index contributed by atoms with van der Waals surface area (Å²) in [6.45, 7) is 1.92. The molecule has 1 rings (SSSR count). The number of carbonyl (C=O) groups excluding carboxylic acids is 1. The molecule has 0 radical (unpaired) electrons. The average molecular weight is 203 g/mol. The van der Waals surface area contributed by atoms with Gasteiger partial charge < -0.3 is 5.32 Å². The number of pyridine rings is 1. The van der Waals surface area contributed by atoms with Crippen LogP contribution in [-0.2, 0) is 4.79 Å². The number of nitrogens with zero attached hydrogens (tertiary/aromatic N) is 2. The third kappa shape index (κ3) is 3.39. The first-order chi connectivity index (χ1) is 7.27. The summed E-state index contributed by atoms with van der Waals surface area (Å²) in [4.78, 5) is 15.2. The quantitative estimate of drug-likeness (QED) is 0.807. The number of nitriles is 1. The number of carbonyl (C=O) groups is 1. The van der Waals surface area contributed by atoms with Crippen molar-refractivity contribution in [3.05, 3.63) is 30.1 Å². The lowest BCUT2D eigenvalue weighted by molar-refractivity contribution is -0.121. The molecule has 0 fully saturated rings. The summed E-state index contributed by atoms with van der Waals surface area (Å²) in [7, 11) is 0. The Kier molecular flexibility index (Phi) is 4.30. The number of hydrogen-bond donors (Lipinski definition) is 1. The number of aromatic nitrogens is 1. The predicted octanol–water partition coefficient (Wildman–Crippen LogP) is 1.56. The van der Waals surface area contributed by atoms with Gasteiger partial charge in [-0.05, 0) is 24.1 Å². The maximum absolute atomic E-state index is 11.3. The Morgan fingerprint density at radius 2 is 2.27 bits per heavy atom. The van der Waals surface area contributed by atoms with E-state index in [2.05, 4.69) is 10.3 Å². The van der Waals surface area contributed by atoms with Crippen LogP contribution < -0.4 is 5.32 Å². The fraction of sp³-hybridized carbons (Fsp3) is 0.364. The molecule has 0 aliphatic carbocycles. The zero-order valence-electron chi connectivity index (χ0n) is 8.60. The van der Waals surface area contributed by atoms with Crippen molar-refractivity contribution >= 4 is 5.91 Å². The molecule has 0 aliphatic rings. The van der Waals surface area contributed by atoms with Crippen molar-refractivity contribution in [2.45, 2.75) is 25.8 Å². The van der Waals surface area contributed by atoms with Crippen LogP contribution in [0.3, 0.4) is 0 Å². The van der Waals surface area contributed by atoms with E-state index in [9.17, 15) is 4.79 Å². The third-order valence-corrected chi connectivity index (χ3v) is 1.95. The van der Waals surface area contributed by atoms with Gasteiger partial charge >= 0.3 is 0 Å².